The molecular formula is C17H28N4O5S2. The van der Waals surface area contributed by atoms with Crippen LogP contribution in [-0.4, -0.2) is 88.3 Å². The Hall–Kier alpha value is -1.69. The SMILES string of the molecule is CCN(CC)S(=O)(=O)c1ccc(NCC(=O)N2CCN(S(C)(=O)=O)CC2)cc1. The molecule has 0 unspecified atom stereocenters. The van der Waals surface area contributed by atoms with Gasteiger partial charge in [-0.25, -0.2) is 16.8 Å². The molecule has 1 aromatic rings. The standard InChI is InChI=1S/C17H28N4O5S2/c1-4-20(5-2)28(25,26)16-8-6-15(7-9-16)18-14-17(22)19-10-12-21(13-11-19)27(3,23)24/h6-9,18H,4-5,10-14H2,1-3H3. The van der Waals surface area contributed by atoms with Crippen molar-refractivity contribution in [1.29, 1.82) is 0 Å². The Morgan fingerprint density at radius 3 is 2.00 bits per heavy atom. The van der Waals surface area contributed by atoms with Crippen molar-refractivity contribution in [2.45, 2.75) is 18.7 Å². The van der Waals surface area contributed by atoms with Gasteiger partial charge in [-0.15, -0.1) is 0 Å². The maximum atomic E-state index is 12.5. The molecule has 1 N–H and O–H groups in total. The van der Waals surface area contributed by atoms with E-state index in [1.165, 1.54) is 20.7 Å². The van der Waals surface area contributed by atoms with Crippen LogP contribution in [0.25, 0.3) is 0 Å². The summed E-state index contributed by atoms with van der Waals surface area (Å²) in [5, 5.41) is 2.99. The quantitative estimate of drug-likeness (QED) is 0.630. The van der Waals surface area contributed by atoms with Gasteiger partial charge in [0.1, 0.15) is 0 Å². The molecule has 0 aromatic heterocycles. The van der Waals surface area contributed by atoms with Gasteiger partial charge in [0.05, 0.1) is 17.7 Å². The van der Waals surface area contributed by atoms with E-state index in [4.69, 9.17) is 0 Å². The van der Waals surface area contributed by atoms with Crippen LogP contribution < -0.4 is 5.32 Å². The summed E-state index contributed by atoms with van der Waals surface area (Å²) >= 11 is 0. The highest BCUT2D eigenvalue weighted by molar-refractivity contribution is 7.89. The van der Waals surface area contributed by atoms with Crippen molar-refractivity contribution in [3.8, 4) is 0 Å². The van der Waals surface area contributed by atoms with E-state index in [9.17, 15) is 21.6 Å². The molecule has 1 amide bonds. The number of nitrogens with one attached hydrogen (secondary N) is 1. The Balaban J connectivity index is 1.91. The number of carbonyl (C=O) groups is 1. The predicted molar refractivity (Wildman–Crippen MR) is 108 cm³/mol. The summed E-state index contributed by atoms with van der Waals surface area (Å²) in [7, 11) is -6.74. The van der Waals surface area contributed by atoms with Crippen LogP contribution in [-0.2, 0) is 24.8 Å². The minimum absolute atomic E-state index is 0.0566. The average Bonchev–Trinajstić information content (AvgIpc) is 2.66. The summed E-state index contributed by atoms with van der Waals surface area (Å²) in [6, 6.07) is 6.30. The lowest BCUT2D eigenvalue weighted by atomic mass is 10.3. The van der Waals surface area contributed by atoms with Gasteiger partial charge in [0.2, 0.25) is 26.0 Å². The van der Waals surface area contributed by atoms with Gasteiger partial charge < -0.3 is 10.2 Å². The molecule has 0 radical (unpaired) electrons. The van der Waals surface area contributed by atoms with E-state index >= 15 is 0 Å². The number of anilines is 1. The maximum Gasteiger partial charge on any atom is 0.243 e. The highest BCUT2D eigenvalue weighted by Gasteiger charge is 2.26. The summed E-state index contributed by atoms with van der Waals surface area (Å²) in [5.41, 5.74) is 0.640. The third-order valence-corrected chi connectivity index (χ3v) is 8.07. The second kappa shape index (κ2) is 9.21. The van der Waals surface area contributed by atoms with Gasteiger partial charge in [-0.05, 0) is 24.3 Å². The van der Waals surface area contributed by atoms with Crippen molar-refractivity contribution in [1.82, 2.24) is 13.5 Å². The molecule has 1 fully saturated rings. The molecule has 1 aromatic carbocycles. The van der Waals surface area contributed by atoms with E-state index in [1.54, 1.807) is 30.9 Å². The second-order valence-corrected chi connectivity index (χ2v) is 10.4. The third-order valence-electron chi connectivity index (χ3n) is 4.70. The van der Waals surface area contributed by atoms with Crippen LogP contribution in [0.15, 0.2) is 29.2 Å². The molecule has 1 heterocycles. The summed E-state index contributed by atoms with van der Waals surface area (Å²) in [4.78, 5) is 14.1. The highest BCUT2D eigenvalue weighted by Crippen LogP contribution is 2.18. The zero-order valence-electron chi connectivity index (χ0n) is 16.5. The molecule has 11 heteroatoms. The van der Waals surface area contributed by atoms with Crippen molar-refractivity contribution >= 4 is 31.6 Å². The van der Waals surface area contributed by atoms with Crippen molar-refractivity contribution in [2.24, 2.45) is 0 Å². The first-order valence-corrected chi connectivity index (χ1v) is 12.5. The molecule has 1 aliphatic rings. The van der Waals surface area contributed by atoms with Crippen molar-refractivity contribution in [3.63, 3.8) is 0 Å². The summed E-state index contributed by atoms with van der Waals surface area (Å²) in [6.45, 7) is 5.74. The van der Waals surface area contributed by atoms with Crippen LogP contribution in [0.1, 0.15) is 13.8 Å². The lowest BCUT2D eigenvalue weighted by molar-refractivity contribution is -0.130. The van der Waals surface area contributed by atoms with E-state index in [2.05, 4.69) is 5.32 Å². The van der Waals surface area contributed by atoms with Crippen LogP contribution >= 0.6 is 0 Å². The first-order chi connectivity index (χ1) is 13.1. The smallest absolute Gasteiger partial charge is 0.243 e. The summed E-state index contributed by atoms with van der Waals surface area (Å²) in [5.74, 6) is -0.131. The number of rotatable bonds is 8. The van der Waals surface area contributed by atoms with Gasteiger partial charge in [0.15, 0.2) is 0 Å². The van der Waals surface area contributed by atoms with E-state index in [1.807, 2.05) is 0 Å². The molecule has 0 saturated carbocycles. The lowest BCUT2D eigenvalue weighted by Gasteiger charge is -2.33. The molecule has 28 heavy (non-hydrogen) atoms. The van der Waals surface area contributed by atoms with E-state index in [-0.39, 0.29) is 17.3 Å². The molecule has 158 valence electrons. The number of benzene rings is 1. The van der Waals surface area contributed by atoms with Gasteiger partial charge in [-0.3, -0.25) is 4.79 Å². The molecule has 1 saturated heterocycles. The predicted octanol–water partition coefficient (Wildman–Crippen LogP) is 0.233. The van der Waals surface area contributed by atoms with Crippen molar-refractivity contribution < 1.29 is 21.6 Å². The van der Waals surface area contributed by atoms with Gasteiger partial charge in [-0.1, -0.05) is 13.8 Å². The Labute approximate surface area is 167 Å². The number of hydrogen-bond acceptors (Lipinski definition) is 6. The van der Waals surface area contributed by atoms with Crippen molar-refractivity contribution in [2.75, 3.05) is 57.4 Å². The number of sulfonamides is 2. The molecule has 0 bridgehead atoms. The minimum atomic E-state index is -3.51. The molecular weight excluding hydrogens is 404 g/mol. The number of nitrogens with zero attached hydrogens (tertiary/aromatic N) is 3. The van der Waals surface area contributed by atoms with Gasteiger partial charge in [0.25, 0.3) is 0 Å². The Morgan fingerprint density at radius 1 is 1.00 bits per heavy atom. The maximum absolute atomic E-state index is 12.5. The average molecular weight is 433 g/mol. The first-order valence-electron chi connectivity index (χ1n) is 9.16. The summed E-state index contributed by atoms with van der Waals surface area (Å²) in [6.07, 6.45) is 1.16. The van der Waals surface area contributed by atoms with Crippen LogP contribution in [0.2, 0.25) is 0 Å². The largest absolute Gasteiger partial charge is 0.376 e. The fourth-order valence-corrected chi connectivity index (χ4v) is 5.30. The van der Waals surface area contributed by atoms with E-state index in [0.29, 0.717) is 45.0 Å². The van der Waals surface area contributed by atoms with E-state index < -0.39 is 20.0 Å². The number of amides is 1. The molecule has 1 aliphatic heterocycles. The highest BCUT2D eigenvalue weighted by atomic mass is 32.2. The Kier molecular flexibility index (Phi) is 7.43. The second-order valence-electron chi connectivity index (χ2n) is 6.51. The fraction of sp³-hybridized carbons (Fsp3) is 0.588. The number of piperazine rings is 1. The van der Waals surface area contributed by atoms with Crippen LogP contribution in [0.3, 0.4) is 0 Å². The zero-order chi connectivity index (χ0) is 20.9. The number of carbonyl (C=O) groups excluding carboxylic acids is 1. The topological polar surface area (TPSA) is 107 Å². The van der Waals surface area contributed by atoms with E-state index in [0.717, 1.165) is 6.26 Å². The number of hydrogen-bond donors (Lipinski definition) is 1. The normalized spacial score (nSPS) is 16.4. The Morgan fingerprint density at radius 2 is 1.54 bits per heavy atom. The third kappa shape index (κ3) is 5.43. The molecule has 9 nitrogen and oxygen atoms in total. The molecule has 0 spiro atoms. The van der Waals surface area contributed by atoms with Gasteiger partial charge in [0, 0.05) is 45.0 Å². The van der Waals surface area contributed by atoms with Gasteiger partial charge in [-0.2, -0.15) is 8.61 Å². The molecule has 0 aliphatic carbocycles. The van der Waals surface area contributed by atoms with Gasteiger partial charge >= 0.3 is 0 Å². The minimum Gasteiger partial charge on any atom is -0.376 e. The monoisotopic (exact) mass is 432 g/mol. The van der Waals surface area contributed by atoms with Crippen LogP contribution in [0, 0.1) is 0 Å². The van der Waals surface area contributed by atoms with Crippen LogP contribution in [0.5, 0.6) is 0 Å². The van der Waals surface area contributed by atoms with Crippen LogP contribution in [0.4, 0.5) is 5.69 Å². The summed E-state index contributed by atoms with van der Waals surface area (Å²) < 4.78 is 50.7. The van der Waals surface area contributed by atoms with Crippen molar-refractivity contribution in [3.05, 3.63) is 24.3 Å². The Bertz CT molecular complexity index is 873. The first kappa shape index (κ1) is 22.6. The lowest BCUT2D eigenvalue weighted by Crippen LogP contribution is -2.51. The molecule has 2 rings (SSSR count). The fourth-order valence-electron chi connectivity index (χ4n) is 3.02. The zero-order valence-corrected chi connectivity index (χ0v) is 18.1. The molecule has 0 atom stereocenters.